The maximum atomic E-state index is 12.8. The first-order chi connectivity index (χ1) is 10.2. The van der Waals surface area contributed by atoms with Crippen molar-refractivity contribution >= 4 is 22.5 Å². The van der Waals surface area contributed by atoms with Crippen molar-refractivity contribution < 1.29 is 14.7 Å². The summed E-state index contributed by atoms with van der Waals surface area (Å²) in [6.07, 6.45) is 0. The molecule has 0 saturated carbocycles. The molecule has 0 aromatic heterocycles. The fourth-order valence-corrected chi connectivity index (χ4v) is 3.09. The SMILES string of the molecule is O=C(O)c1cccc2c1C(=O)c1cccc3cccc-2c13. The van der Waals surface area contributed by atoms with Crippen LogP contribution >= 0.6 is 0 Å². The summed E-state index contributed by atoms with van der Waals surface area (Å²) < 4.78 is 0. The smallest absolute Gasteiger partial charge is 0.336 e. The summed E-state index contributed by atoms with van der Waals surface area (Å²) in [6, 6.07) is 16.3. The number of hydrogen-bond acceptors (Lipinski definition) is 2. The highest BCUT2D eigenvalue weighted by molar-refractivity contribution is 6.28. The Morgan fingerprint density at radius 2 is 1.43 bits per heavy atom. The van der Waals surface area contributed by atoms with Gasteiger partial charge in [0.15, 0.2) is 5.78 Å². The van der Waals surface area contributed by atoms with Crippen LogP contribution in [0.1, 0.15) is 26.3 Å². The van der Waals surface area contributed by atoms with Crippen LogP contribution < -0.4 is 0 Å². The quantitative estimate of drug-likeness (QED) is 0.575. The zero-order valence-corrected chi connectivity index (χ0v) is 11.0. The zero-order chi connectivity index (χ0) is 14.6. The van der Waals surface area contributed by atoms with Crippen LogP contribution in [0.25, 0.3) is 21.9 Å². The molecule has 0 spiro atoms. The first-order valence-corrected chi connectivity index (χ1v) is 6.61. The van der Waals surface area contributed by atoms with Gasteiger partial charge < -0.3 is 5.11 Å². The summed E-state index contributed by atoms with van der Waals surface area (Å²) in [5, 5.41) is 11.2. The predicted octanol–water partition coefficient (Wildman–Crippen LogP) is 3.75. The van der Waals surface area contributed by atoms with E-state index in [1.54, 1.807) is 12.1 Å². The van der Waals surface area contributed by atoms with E-state index in [1.165, 1.54) is 6.07 Å². The van der Waals surface area contributed by atoms with Crippen molar-refractivity contribution in [3.05, 3.63) is 71.3 Å². The highest BCUT2D eigenvalue weighted by atomic mass is 16.4. The van der Waals surface area contributed by atoms with E-state index in [4.69, 9.17) is 0 Å². The second-order valence-corrected chi connectivity index (χ2v) is 5.07. The van der Waals surface area contributed by atoms with Crippen molar-refractivity contribution in [3.8, 4) is 11.1 Å². The lowest BCUT2D eigenvalue weighted by Crippen LogP contribution is -2.15. The van der Waals surface area contributed by atoms with Gasteiger partial charge in [0, 0.05) is 16.5 Å². The minimum Gasteiger partial charge on any atom is -0.478 e. The fourth-order valence-electron chi connectivity index (χ4n) is 3.09. The Labute approximate surface area is 120 Å². The topological polar surface area (TPSA) is 54.4 Å². The van der Waals surface area contributed by atoms with Crippen molar-refractivity contribution in [3.63, 3.8) is 0 Å². The molecule has 0 heterocycles. The van der Waals surface area contributed by atoms with Crippen molar-refractivity contribution in [2.75, 3.05) is 0 Å². The Morgan fingerprint density at radius 1 is 0.810 bits per heavy atom. The van der Waals surface area contributed by atoms with Crippen LogP contribution in [0.15, 0.2) is 54.6 Å². The van der Waals surface area contributed by atoms with E-state index < -0.39 is 5.97 Å². The van der Waals surface area contributed by atoms with E-state index >= 15 is 0 Å². The Kier molecular flexibility index (Phi) is 2.27. The van der Waals surface area contributed by atoms with Gasteiger partial charge >= 0.3 is 5.97 Å². The van der Waals surface area contributed by atoms with Crippen molar-refractivity contribution in [1.82, 2.24) is 0 Å². The number of carbonyl (C=O) groups is 2. The first kappa shape index (κ1) is 11.9. The molecule has 1 aliphatic rings. The van der Waals surface area contributed by atoms with Crippen LogP contribution in [0.5, 0.6) is 0 Å². The summed E-state index contributed by atoms with van der Waals surface area (Å²) in [5.41, 5.74) is 2.54. The molecule has 0 bridgehead atoms. The first-order valence-electron chi connectivity index (χ1n) is 6.61. The molecule has 0 fully saturated rings. The van der Waals surface area contributed by atoms with Crippen LogP contribution in [0.2, 0.25) is 0 Å². The van der Waals surface area contributed by atoms with Gasteiger partial charge in [0.2, 0.25) is 0 Å². The van der Waals surface area contributed by atoms with E-state index in [0.717, 1.165) is 16.3 Å². The maximum Gasteiger partial charge on any atom is 0.336 e. The second kappa shape index (κ2) is 4.03. The largest absolute Gasteiger partial charge is 0.478 e. The molecule has 3 aromatic carbocycles. The van der Waals surface area contributed by atoms with Gasteiger partial charge in [-0.2, -0.15) is 0 Å². The zero-order valence-electron chi connectivity index (χ0n) is 11.0. The van der Waals surface area contributed by atoms with Crippen molar-refractivity contribution in [1.29, 1.82) is 0 Å². The van der Waals surface area contributed by atoms with Gasteiger partial charge in [-0.1, -0.05) is 48.5 Å². The molecule has 4 rings (SSSR count). The monoisotopic (exact) mass is 274 g/mol. The Morgan fingerprint density at radius 3 is 2.14 bits per heavy atom. The fraction of sp³-hybridized carbons (Fsp3) is 0. The van der Waals surface area contributed by atoms with Gasteiger partial charge in [-0.05, 0) is 22.6 Å². The molecule has 21 heavy (non-hydrogen) atoms. The van der Waals surface area contributed by atoms with Gasteiger partial charge in [-0.3, -0.25) is 4.79 Å². The lowest BCUT2D eigenvalue weighted by atomic mass is 9.81. The molecule has 3 nitrogen and oxygen atoms in total. The summed E-state index contributed by atoms with van der Waals surface area (Å²) in [5.74, 6) is -1.29. The predicted molar refractivity (Wildman–Crippen MR) is 79.8 cm³/mol. The highest BCUT2D eigenvalue weighted by Crippen LogP contribution is 2.40. The van der Waals surface area contributed by atoms with Crippen molar-refractivity contribution in [2.45, 2.75) is 0 Å². The van der Waals surface area contributed by atoms with E-state index in [0.29, 0.717) is 11.1 Å². The van der Waals surface area contributed by atoms with Crippen LogP contribution in [0, 0.1) is 0 Å². The Bertz CT molecular complexity index is 933. The van der Waals surface area contributed by atoms with Gasteiger partial charge in [-0.15, -0.1) is 0 Å². The third-order valence-electron chi connectivity index (χ3n) is 3.96. The van der Waals surface area contributed by atoms with E-state index in [1.807, 2.05) is 36.4 Å². The number of ketones is 1. The van der Waals surface area contributed by atoms with E-state index in [2.05, 4.69) is 0 Å². The van der Waals surface area contributed by atoms with E-state index in [-0.39, 0.29) is 16.9 Å². The molecule has 0 saturated heterocycles. The van der Waals surface area contributed by atoms with Crippen molar-refractivity contribution in [2.24, 2.45) is 0 Å². The standard InChI is InChI=1S/C18H10O3/c19-17-13-8-2-5-10-4-1-6-11(15(10)13)12-7-3-9-14(16(12)17)18(20)21/h1-9H,(H,20,21). The van der Waals surface area contributed by atoms with E-state index in [9.17, 15) is 14.7 Å². The summed E-state index contributed by atoms with van der Waals surface area (Å²) in [6.45, 7) is 0. The minimum atomic E-state index is -1.08. The molecular formula is C18H10O3. The third-order valence-corrected chi connectivity index (χ3v) is 3.96. The lowest BCUT2D eigenvalue weighted by molar-refractivity contribution is 0.0693. The molecule has 0 unspecified atom stereocenters. The molecule has 3 aromatic rings. The molecule has 3 heteroatoms. The Balaban J connectivity index is 2.22. The number of benzene rings is 3. The van der Waals surface area contributed by atoms with Gasteiger partial charge in [0.05, 0.1) is 5.56 Å². The van der Waals surface area contributed by atoms with Crippen LogP contribution in [0.3, 0.4) is 0 Å². The number of rotatable bonds is 1. The maximum absolute atomic E-state index is 12.8. The molecule has 0 amide bonds. The summed E-state index contributed by atoms with van der Waals surface area (Å²) in [4.78, 5) is 24.2. The van der Waals surface area contributed by atoms with Crippen LogP contribution in [-0.4, -0.2) is 16.9 Å². The molecule has 0 atom stereocenters. The molecule has 1 N–H and O–H groups in total. The normalized spacial score (nSPS) is 12.3. The van der Waals surface area contributed by atoms with Gasteiger partial charge in [-0.25, -0.2) is 4.79 Å². The van der Waals surface area contributed by atoms with Gasteiger partial charge in [0.25, 0.3) is 0 Å². The van der Waals surface area contributed by atoms with Gasteiger partial charge in [0.1, 0.15) is 0 Å². The third kappa shape index (κ3) is 1.48. The molecule has 100 valence electrons. The lowest BCUT2D eigenvalue weighted by Gasteiger charge is -2.20. The number of carboxylic acid groups (broad SMARTS) is 1. The average Bonchev–Trinajstić information content (AvgIpc) is 2.51. The Hall–Kier alpha value is -2.94. The molecule has 0 radical (unpaired) electrons. The second-order valence-electron chi connectivity index (χ2n) is 5.07. The number of aromatic carboxylic acids is 1. The molecule has 1 aliphatic carbocycles. The summed E-state index contributed by atoms with van der Waals surface area (Å²) in [7, 11) is 0. The molecular weight excluding hydrogens is 264 g/mol. The number of carbonyl (C=O) groups excluding carboxylic acids is 1. The van der Waals surface area contributed by atoms with Crippen LogP contribution in [0.4, 0.5) is 0 Å². The van der Waals surface area contributed by atoms with Crippen LogP contribution in [-0.2, 0) is 0 Å². The highest BCUT2D eigenvalue weighted by Gasteiger charge is 2.28. The number of carboxylic acids is 1. The average molecular weight is 274 g/mol. The summed E-state index contributed by atoms with van der Waals surface area (Å²) >= 11 is 0. The minimum absolute atomic E-state index is 0.0593. The number of fused-ring (bicyclic) bond motifs is 2. The number of hydrogen-bond donors (Lipinski definition) is 1. The molecule has 0 aliphatic heterocycles.